The van der Waals surface area contributed by atoms with Gasteiger partial charge >= 0.3 is 5.97 Å². The van der Waals surface area contributed by atoms with E-state index in [1.807, 2.05) is 0 Å². The molecule has 0 spiro atoms. The zero-order valence-corrected chi connectivity index (χ0v) is 10.5. The lowest BCUT2D eigenvalue weighted by molar-refractivity contribution is 0.0697. The minimum absolute atomic E-state index is 0.000733. The molecular formula is C15H12F2O2. The molecule has 0 amide bonds. The second kappa shape index (κ2) is 4.80. The lowest BCUT2D eigenvalue weighted by Gasteiger charge is -2.13. The number of benzene rings is 2. The molecule has 1 N–H and O–H groups in total. The van der Waals surface area contributed by atoms with Crippen LogP contribution in [0.2, 0.25) is 0 Å². The molecule has 0 atom stereocenters. The summed E-state index contributed by atoms with van der Waals surface area (Å²) in [5, 5.41) is 9.16. The Morgan fingerprint density at radius 2 is 1.58 bits per heavy atom. The van der Waals surface area contributed by atoms with E-state index in [4.69, 9.17) is 5.11 Å². The summed E-state index contributed by atoms with van der Waals surface area (Å²) in [5.74, 6) is -2.06. The fraction of sp³-hybridized carbons (Fsp3) is 0.133. The van der Waals surface area contributed by atoms with E-state index in [0.717, 1.165) is 12.1 Å². The molecule has 0 aliphatic heterocycles. The van der Waals surface area contributed by atoms with E-state index in [2.05, 4.69) is 0 Å². The van der Waals surface area contributed by atoms with Crippen molar-refractivity contribution in [1.29, 1.82) is 0 Å². The van der Waals surface area contributed by atoms with Crippen molar-refractivity contribution < 1.29 is 18.7 Å². The molecule has 0 aliphatic carbocycles. The number of carbonyl (C=O) groups is 1. The first-order valence-electron chi connectivity index (χ1n) is 5.70. The lowest BCUT2D eigenvalue weighted by Crippen LogP contribution is -2.02. The van der Waals surface area contributed by atoms with Crippen molar-refractivity contribution in [1.82, 2.24) is 0 Å². The van der Waals surface area contributed by atoms with E-state index < -0.39 is 17.6 Å². The van der Waals surface area contributed by atoms with Crippen LogP contribution in [0.4, 0.5) is 8.78 Å². The third-order valence-electron chi connectivity index (χ3n) is 2.98. The van der Waals surface area contributed by atoms with Gasteiger partial charge < -0.3 is 5.11 Å². The summed E-state index contributed by atoms with van der Waals surface area (Å²) in [6.07, 6.45) is 0. The van der Waals surface area contributed by atoms with Crippen molar-refractivity contribution in [3.8, 4) is 11.1 Å². The summed E-state index contributed by atoms with van der Waals surface area (Å²) in [5.41, 5.74) is 1.97. The van der Waals surface area contributed by atoms with E-state index in [0.29, 0.717) is 16.7 Å². The number of hydrogen-bond donors (Lipinski definition) is 1. The van der Waals surface area contributed by atoms with Crippen LogP contribution in [0, 0.1) is 25.5 Å². The van der Waals surface area contributed by atoms with Gasteiger partial charge in [0.15, 0.2) is 0 Å². The molecule has 0 saturated heterocycles. The predicted molar refractivity (Wildman–Crippen MR) is 68.2 cm³/mol. The van der Waals surface area contributed by atoms with Crippen molar-refractivity contribution >= 4 is 5.97 Å². The summed E-state index contributed by atoms with van der Waals surface area (Å²) in [4.78, 5) is 11.2. The van der Waals surface area contributed by atoms with Crippen LogP contribution in [0.3, 0.4) is 0 Å². The molecule has 0 fully saturated rings. The van der Waals surface area contributed by atoms with Crippen molar-refractivity contribution in [2.75, 3.05) is 0 Å². The Hall–Kier alpha value is -2.23. The lowest BCUT2D eigenvalue weighted by atomic mass is 9.92. The molecule has 0 bridgehead atoms. The third kappa shape index (κ3) is 2.47. The molecule has 98 valence electrons. The van der Waals surface area contributed by atoms with Crippen LogP contribution < -0.4 is 0 Å². The van der Waals surface area contributed by atoms with E-state index in [1.54, 1.807) is 13.8 Å². The Bertz CT molecular complexity index is 640. The SMILES string of the molecule is Cc1cc(F)cc(C)c1-c1cc(F)ccc1C(=O)O. The molecule has 4 heteroatoms. The molecule has 0 saturated carbocycles. The topological polar surface area (TPSA) is 37.3 Å². The van der Waals surface area contributed by atoms with Gasteiger partial charge in [-0.25, -0.2) is 13.6 Å². The summed E-state index contributed by atoms with van der Waals surface area (Å²) in [6, 6.07) is 6.09. The largest absolute Gasteiger partial charge is 0.478 e. The first kappa shape index (κ1) is 13.2. The molecule has 0 aromatic heterocycles. The minimum atomic E-state index is -1.14. The highest BCUT2D eigenvalue weighted by Gasteiger charge is 2.16. The number of carboxylic acid groups (broad SMARTS) is 1. The summed E-state index contributed by atoms with van der Waals surface area (Å²) in [6.45, 7) is 3.34. The highest BCUT2D eigenvalue weighted by molar-refractivity contribution is 5.97. The summed E-state index contributed by atoms with van der Waals surface area (Å²) >= 11 is 0. The third-order valence-corrected chi connectivity index (χ3v) is 2.98. The number of hydrogen-bond acceptors (Lipinski definition) is 1. The van der Waals surface area contributed by atoms with Crippen LogP contribution in [0.25, 0.3) is 11.1 Å². The Morgan fingerprint density at radius 3 is 2.11 bits per heavy atom. The highest BCUT2D eigenvalue weighted by Crippen LogP contribution is 2.31. The molecule has 0 heterocycles. The summed E-state index contributed by atoms with van der Waals surface area (Å²) < 4.78 is 26.6. The van der Waals surface area contributed by atoms with Gasteiger partial charge in [-0.05, 0) is 66.4 Å². The van der Waals surface area contributed by atoms with Crippen LogP contribution >= 0.6 is 0 Å². The van der Waals surface area contributed by atoms with E-state index in [1.165, 1.54) is 18.2 Å². The molecule has 0 radical (unpaired) electrons. The number of aromatic carboxylic acids is 1. The molecule has 2 nitrogen and oxygen atoms in total. The van der Waals surface area contributed by atoms with Crippen LogP contribution in [-0.2, 0) is 0 Å². The van der Waals surface area contributed by atoms with E-state index in [9.17, 15) is 13.6 Å². The van der Waals surface area contributed by atoms with Gasteiger partial charge in [-0.3, -0.25) is 0 Å². The van der Waals surface area contributed by atoms with Crippen LogP contribution in [-0.4, -0.2) is 11.1 Å². The quantitative estimate of drug-likeness (QED) is 0.889. The maximum absolute atomic E-state index is 13.4. The molecule has 2 aromatic carbocycles. The average molecular weight is 262 g/mol. The minimum Gasteiger partial charge on any atom is -0.478 e. The normalized spacial score (nSPS) is 10.5. The molecule has 2 rings (SSSR count). The van der Waals surface area contributed by atoms with Crippen LogP contribution in [0.1, 0.15) is 21.5 Å². The smallest absolute Gasteiger partial charge is 0.336 e. The first-order valence-corrected chi connectivity index (χ1v) is 5.70. The van der Waals surface area contributed by atoms with E-state index in [-0.39, 0.29) is 11.1 Å². The van der Waals surface area contributed by atoms with Gasteiger partial charge in [-0.2, -0.15) is 0 Å². The van der Waals surface area contributed by atoms with Gasteiger partial charge in [0.2, 0.25) is 0 Å². The van der Waals surface area contributed by atoms with Crippen molar-refractivity contribution in [2.24, 2.45) is 0 Å². The fourth-order valence-corrected chi connectivity index (χ4v) is 2.25. The number of carboxylic acids is 1. The van der Waals surface area contributed by atoms with Crippen LogP contribution in [0.15, 0.2) is 30.3 Å². The molecule has 0 unspecified atom stereocenters. The standard InChI is InChI=1S/C15H12F2O2/c1-8-5-11(17)6-9(2)14(8)13-7-10(16)3-4-12(13)15(18)19/h3-7H,1-2H3,(H,18,19). The average Bonchev–Trinajstić information content (AvgIpc) is 2.27. The summed E-state index contributed by atoms with van der Waals surface area (Å²) in [7, 11) is 0. The zero-order chi connectivity index (χ0) is 14.2. The van der Waals surface area contributed by atoms with Gasteiger partial charge in [-0.15, -0.1) is 0 Å². The van der Waals surface area contributed by atoms with Crippen molar-refractivity contribution in [3.63, 3.8) is 0 Å². The highest BCUT2D eigenvalue weighted by atomic mass is 19.1. The monoisotopic (exact) mass is 262 g/mol. The second-order valence-corrected chi connectivity index (χ2v) is 4.41. The van der Waals surface area contributed by atoms with Gasteiger partial charge in [-0.1, -0.05) is 0 Å². The van der Waals surface area contributed by atoms with Gasteiger partial charge in [0.1, 0.15) is 11.6 Å². The molecular weight excluding hydrogens is 250 g/mol. The fourth-order valence-electron chi connectivity index (χ4n) is 2.25. The number of rotatable bonds is 2. The first-order chi connectivity index (χ1) is 8.90. The molecule has 2 aromatic rings. The molecule has 19 heavy (non-hydrogen) atoms. The van der Waals surface area contributed by atoms with Gasteiger partial charge in [0, 0.05) is 0 Å². The van der Waals surface area contributed by atoms with Gasteiger partial charge in [0.25, 0.3) is 0 Å². The number of aryl methyl sites for hydroxylation is 2. The van der Waals surface area contributed by atoms with Crippen molar-refractivity contribution in [3.05, 3.63) is 58.7 Å². The molecule has 0 aliphatic rings. The zero-order valence-electron chi connectivity index (χ0n) is 10.5. The Labute approximate surface area is 109 Å². The Balaban J connectivity index is 2.78. The van der Waals surface area contributed by atoms with E-state index >= 15 is 0 Å². The maximum atomic E-state index is 13.4. The Kier molecular flexibility index (Phi) is 3.34. The second-order valence-electron chi connectivity index (χ2n) is 4.41. The Morgan fingerprint density at radius 1 is 1.00 bits per heavy atom. The van der Waals surface area contributed by atoms with Gasteiger partial charge in [0.05, 0.1) is 5.56 Å². The van der Waals surface area contributed by atoms with Crippen LogP contribution in [0.5, 0.6) is 0 Å². The maximum Gasteiger partial charge on any atom is 0.336 e. The number of halogens is 2. The van der Waals surface area contributed by atoms with Crippen molar-refractivity contribution in [2.45, 2.75) is 13.8 Å². The predicted octanol–water partition coefficient (Wildman–Crippen LogP) is 3.95.